The molecule has 0 atom stereocenters. The number of carbonyl (C=O) groups excluding carboxylic acids is 1. The second-order valence-electron chi connectivity index (χ2n) is 2.50. The molecular weight excluding hydrogens is 223 g/mol. The van der Waals surface area contributed by atoms with E-state index in [1.807, 2.05) is 0 Å². The van der Waals surface area contributed by atoms with Gasteiger partial charge in [0.2, 0.25) is 0 Å². The Hall–Kier alpha value is -0.990. The van der Waals surface area contributed by atoms with E-state index < -0.39 is 0 Å². The molecule has 2 nitrogen and oxygen atoms in total. The Labute approximate surface area is 92.1 Å². The molecule has 0 aliphatic carbocycles. The molecule has 1 aromatic rings. The normalized spacial score (nSPS) is 10.4. The van der Waals surface area contributed by atoms with Crippen molar-refractivity contribution in [1.29, 1.82) is 0 Å². The molecule has 0 saturated heterocycles. The quantitative estimate of drug-likeness (QED) is 0.744. The highest BCUT2D eigenvalue weighted by atomic mass is 35.5. The molecule has 0 aromatic heterocycles. The number of benzene rings is 1. The Balaban J connectivity index is 2.46. The van der Waals surface area contributed by atoms with Crippen LogP contribution in [0.5, 0.6) is 5.75 Å². The van der Waals surface area contributed by atoms with Crippen molar-refractivity contribution in [3.05, 3.63) is 40.9 Å². The molecule has 74 valence electrons. The maximum Gasteiger partial charge on any atom is 0.193 e. The lowest BCUT2D eigenvalue weighted by Crippen LogP contribution is -2.07. The van der Waals surface area contributed by atoms with E-state index >= 15 is 0 Å². The minimum absolute atomic E-state index is 0.0230. The van der Waals surface area contributed by atoms with Gasteiger partial charge in [-0.15, -0.1) is 0 Å². The highest BCUT2D eigenvalue weighted by Crippen LogP contribution is 2.15. The van der Waals surface area contributed by atoms with Gasteiger partial charge in [0.15, 0.2) is 12.4 Å². The molecule has 1 aromatic carbocycles. The summed E-state index contributed by atoms with van der Waals surface area (Å²) in [7, 11) is 0. The standard InChI is InChI=1S/C10H8Cl2O2/c11-6-5-9(13)7-14-10-3-1-8(12)2-4-10/h1-6H,7H2/b6-5+. The molecule has 0 unspecified atom stereocenters. The number of hydrogen-bond acceptors (Lipinski definition) is 2. The summed E-state index contributed by atoms with van der Waals surface area (Å²) >= 11 is 10.9. The largest absolute Gasteiger partial charge is 0.485 e. The van der Waals surface area contributed by atoms with Crippen LogP contribution in [0.25, 0.3) is 0 Å². The molecule has 0 amide bonds. The molecule has 0 aliphatic heterocycles. The lowest BCUT2D eigenvalue weighted by Gasteiger charge is -2.02. The molecule has 0 aliphatic rings. The highest BCUT2D eigenvalue weighted by Gasteiger charge is 1.98. The van der Waals surface area contributed by atoms with Gasteiger partial charge in [-0.25, -0.2) is 0 Å². The fourth-order valence-electron chi connectivity index (χ4n) is 0.804. The third kappa shape index (κ3) is 3.81. The smallest absolute Gasteiger partial charge is 0.193 e. The monoisotopic (exact) mass is 230 g/mol. The summed E-state index contributed by atoms with van der Waals surface area (Å²) < 4.78 is 5.16. The molecule has 0 N–H and O–H groups in total. The molecule has 0 fully saturated rings. The maximum absolute atomic E-state index is 11.0. The molecule has 1 rings (SSSR count). The number of rotatable bonds is 4. The van der Waals surface area contributed by atoms with Crippen molar-refractivity contribution in [2.24, 2.45) is 0 Å². The highest BCUT2D eigenvalue weighted by molar-refractivity contribution is 6.30. The van der Waals surface area contributed by atoms with Gasteiger partial charge in [0, 0.05) is 10.6 Å². The molecule has 0 bridgehead atoms. The molecule has 14 heavy (non-hydrogen) atoms. The summed E-state index contributed by atoms with van der Waals surface area (Å²) in [6, 6.07) is 6.78. The van der Waals surface area contributed by atoms with Crippen molar-refractivity contribution in [3.8, 4) is 5.75 Å². The lowest BCUT2D eigenvalue weighted by molar-refractivity contribution is -0.116. The minimum atomic E-state index is -0.185. The van der Waals surface area contributed by atoms with Crippen molar-refractivity contribution in [2.75, 3.05) is 6.61 Å². The number of carbonyl (C=O) groups is 1. The van der Waals surface area contributed by atoms with Gasteiger partial charge in [-0.1, -0.05) is 23.2 Å². The van der Waals surface area contributed by atoms with Crippen molar-refractivity contribution in [3.63, 3.8) is 0 Å². The predicted molar refractivity (Wildman–Crippen MR) is 56.9 cm³/mol. The summed E-state index contributed by atoms with van der Waals surface area (Å²) in [5, 5.41) is 0.629. The van der Waals surface area contributed by atoms with E-state index in [0.29, 0.717) is 10.8 Å². The fraction of sp³-hybridized carbons (Fsp3) is 0.100. The van der Waals surface area contributed by atoms with Crippen molar-refractivity contribution in [1.82, 2.24) is 0 Å². The zero-order valence-corrected chi connectivity index (χ0v) is 8.76. The van der Waals surface area contributed by atoms with Crippen LogP contribution in [-0.4, -0.2) is 12.4 Å². The van der Waals surface area contributed by atoms with E-state index in [0.717, 1.165) is 5.54 Å². The number of halogens is 2. The second kappa shape index (κ2) is 5.68. The fourth-order valence-corrected chi connectivity index (χ4v) is 1.07. The van der Waals surface area contributed by atoms with Crippen LogP contribution in [0, 0.1) is 0 Å². The molecule has 0 saturated carbocycles. The third-order valence-electron chi connectivity index (χ3n) is 1.44. The number of ether oxygens (including phenoxy) is 1. The van der Waals surface area contributed by atoms with E-state index in [4.69, 9.17) is 27.9 Å². The van der Waals surface area contributed by atoms with Crippen LogP contribution in [-0.2, 0) is 4.79 Å². The maximum atomic E-state index is 11.0. The average Bonchev–Trinajstić information content (AvgIpc) is 2.17. The predicted octanol–water partition coefficient (Wildman–Crippen LogP) is 3.04. The van der Waals surface area contributed by atoms with Gasteiger partial charge in [-0.3, -0.25) is 4.79 Å². The van der Waals surface area contributed by atoms with Crippen LogP contribution in [0.3, 0.4) is 0 Å². The van der Waals surface area contributed by atoms with Gasteiger partial charge < -0.3 is 4.74 Å². The first-order chi connectivity index (χ1) is 6.72. The summed E-state index contributed by atoms with van der Waals surface area (Å²) in [5.74, 6) is 0.417. The van der Waals surface area contributed by atoms with Crippen LogP contribution in [0.2, 0.25) is 5.02 Å². The van der Waals surface area contributed by atoms with E-state index in [1.54, 1.807) is 24.3 Å². The third-order valence-corrected chi connectivity index (χ3v) is 1.82. The van der Waals surface area contributed by atoms with E-state index in [1.165, 1.54) is 6.08 Å². The van der Waals surface area contributed by atoms with Crippen LogP contribution in [0.15, 0.2) is 35.9 Å². The van der Waals surface area contributed by atoms with E-state index in [2.05, 4.69) is 0 Å². The second-order valence-corrected chi connectivity index (χ2v) is 3.19. The van der Waals surface area contributed by atoms with Crippen molar-refractivity contribution >= 4 is 29.0 Å². The van der Waals surface area contributed by atoms with Crippen LogP contribution in [0.4, 0.5) is 0 Å². The van der Waals surface area contributed by atoms with Crippen LogP contribution >= 0.6 is 23.2 Å². The zero-order chi connectivity index (χ0) is 10.4. The molecular formula is C10H8Cl2O2. The first kappa shape index (κ1) is 11.1. The van der Waals surface area contributed by atoms with Gasteiger partial charge in [-0.05, 0) is 30.3 Å². The minimum Gasteiger partial charge on any atom is -0.485 e. The summed E-state index contributed by atoms with van der Waals surface area (Å²) in [4.78, 5) is 11.0. The van der Waals surface area contributed by atoms with Crippen LogP contribution < -0.4 is 4.74 Å². The van der Waals surface area contributed by atoms with Gasteiger partial charge in [0.1, 0.15) is 5.75 Å². The first-order valence-electron chi connectivity index (χ1n) is 3.90. The molecule has 0 radical (unpaired) electrons. The first-order valence-corrected chi connectivity index (χ1v) is 4.72. The Bertz CT molecular complexity index is 330. The SMILES string of the molecule is O=C(/C=C/Cl)COc1ccc(Cl)cc1. The topological polar surface area (TPSA) is 26.3 Å². The lowest BCUT2D eigenvalue weighted by atomic mass is 10.3. The summed E-state index contributed by atoms with van der Waals surface area (Å²) in [6.45, 7) is -0.0230. The van der Waals surface area contributed by atoms with Gasteiger partial charge >= 0.3 is 0 Å². The summed E-state index contributed by atoms with van der Waals surface area (Å²) in [6.07, 6.45) is 1.25. The molecule has 0 heterocycles. The van der Waals surface area contributed by atoms with Gasteiger partial charge in [0.05, 0.1) is 0 Å². The van der Waals surface area contributed by atoms with Crippen molar-refractivity contribution in [2.45, 2.75) is 0 Å². The van der Waals surface area contributed by atoms with E-state index in [-0.39, 0.29) is 12.4 Å². The Kier molecular flexibility index (Phi) is 4.50. The van der Waals surface area contributed by atoms with Crippen LogP contribution in [0.1, 0.15) is 0 Å². The number of hydrogen-bond donors (Lipinski definition) is 0. The van der Waals surface area contributed by atoms with Crippen molar-refractivity contribution < 1.29 is 9.53 Å². The zero-order valence-electron chi connectivity index (χ0n) is 7.24. The Morgan fingerprint density at radius 2 is 2.00 bits per heavy atom. The molecule has 0 spiro atoms. The van der Waals surface area contributed by atoms with Gasteiger partial charge in [0.25, 0.3) is 0 Å². The Morgan fingerprint density at radius 1 is 1.36 bits per heavy atom. The number of ketones is 1. The van der Waals surface area contributed by atoms with E-state index in [9.17, 15) is 4.79 Å². The Morgan fingerprint density at radius 3 is 2.57 bits per heavy atom. The summed E-state index contributed by atoms with van der Waals surface area (Å²) in [5.41, 5.74) is 1.16. The molecule has 4 heteroatoms. The van der Waals surface area contributed by atoms with Gasteiger partial charge in [-0.2, -0.15) is 0 Å². The average molecular weight is 231 g/mol.